The normalized spacial score (nSPS) is 9.73. The summed E-state index contributed by atoms with van der Waals surface area (Å²) in [6.07, 6.45) is 2.20. The van der Waals surface area contributed by atoms with Gasteiger partial charge in [0.1, 0.15) is 11.3 Å². The number of esters is 1. The van der Waals surface area contributed by atoms with Crippen molar-refractivity contribution < 1.29 is 14.6 Å². The molecule has 0 aliphatic carbocycles. The fraction of sp³-hybridized carbons (Fsp3) is 0.250. The zero-order chi connectivity index (χ0) is 11.4. The number of ether oxygens (including phenoxy) is 1. The standard InChI is InChI=1S/C12H14O3/c1-4-5-9-6-8(2)7-10(11(9)13)12(14)15-3/h4,6-7,13H,1,5H2,2-3H3. The van der Waals surface area contributed by atoms with Gasteiger partial charge in [-0.1, -0.05) is 12.1 Å². The van der Waals surface area contributed by atoms with E-state index in [4.69, 9.17) is 0 Å². The summed E-state index contributed by atoms with van der Waals surface area (Å²) in [5.41, 5.74) is 1.80. The van der Waals surface area contributed by atoms with Gasteiger partial charge < -0.3 is 9.84 Å². The third kappa shape index (κ3) is 2.37. The highest BCUT2D eigenvalue weighted by molar-refractivity contribution is 5.93. The summed E-state index contributed by atoms with van der Waals surface area (Å²) >= 11 is 0. The molecule has 15 heavy (non-hydrogen) atoms. The molecule has 0 spiro atoms. The second-order valence-corrected chi connectivity index (χ2v) is 3.30. The Morgan fingerprint density at radius 2 is 2.27 bits per heavy atom. The van der Waals surface area contributed by atoms with Crippen LogP contribution in [-0.4, -0.2) is 18.2 Å². The first kappa shape index (κ1) is 11.3. The number of methoxy groups -OCH3 is 1. The van der Waals surface area contributed by atoms with Crippen molar-refractivity contribution in [2.75, 3.05) is 7.11 Å². The molecule has 0 atom stereocenters. The second-order valence-electron chi connectivity index (χ2n) is 3.30. The minimum absolute atomic E-state index is 0.0210. The second kappa shape index (κ2) is 4.64. The molecular weight excluding hydrogens is 192 g/mol. The van der Waals surface area contributed by atoms with Gasteiger partial charge in [-0.25, -0.2) is 4.79 Å². The summed E-state index contributed by atoms with van der Waals surface area (Å²) in [6.45, 7) is 5.45. The molecule has 1 aromatic carbocycles. The quantitative estimate of drug-likeness (QED) is 0.609. The monoisotopic (exact) mass is 206 g/mol. The minimum Gasteiger partial charge on any atom is -0.507 e. The van der Waals surface area contributed by atoms with E-state index >= 15 is 0 Å². The summed E-state index contributed by atoms with van der Waals surface area (Å²) < 4.78 is 4.58. The Morgan fingerprint density at radius 1 is 1.60 bits per heavy atom. The van der Waals surface area contributed by atoms with E-state index in [1.165, 1.54) is 7.11 Å². The summed E-state index contributed by atoms with van der Waals surface area (Å²) in [7, 11) is 1.29. The number of phenols is 1. The minimum atomic E-state index is -0.526. The van der Waals surface area contributed by atoms with Gasteiger partial charge in [0.05, 0.1) is 7.11 Å². The highest BCUT2D eigenvalue weighted by Gasteiger charge is 2.14. The number of carbonyl (C=O) groups excluding carboxylic acids is 1. The number of rotatable bonds is 3. The number of aromatic hydroxyl groups is 1. The lowest BCUT2D eigenvalue weighted by Gasteiger charge is -2.08. The smallest absolute Gasteiger partial charge is 0.341 e. The first-order valence-electron chi connectivity index (χ1n) is 4.61. The molecule has 3 heteroatoms. The van der Waals surface area contributed by atoms with Gasteiger partial charge in [0.25, 0.3) is 0 Å². The van der Waals surface area contributed by atoms with Crippen LogP contribution in [0.1, 0.15) is 21.5 Å². The van der Waals surface area contributed by atoms with E-state index in [0.717, 1.165) is 5.56 Å². The molecule has 0 aromatic heterocycles. The fourth-order valence-electron chi connectivity index (χ4n) is 1.43. The summed E-state index contributed by atoms with van der Waals surface area (Å²) in [5.74, 6) is -0.547. The maximum absolute atomic E-state index is 11.3. The van der Waals surface area contributed by atoms with Crippen molar-refractivity contribution in [3.8, 4) is 5.75 Å². The van der Waals surface area contributed by atoms with Gasteiger partial charge >= 0.3 is 5.97 Å². The zero-order valence-corrected chi connectivity index (χ0v) is 8.91. The van der Waals surface area contributed by atoms with Crippen molar-refractivity contribution in [2.45, 2.75) is 13.3 Å². The van der Waals surface area contributed by atoms with Gasteiger partial charge in [-0.2, -0.15) is 0 Å². The van der Waals surface area contributed by atoms with Crippen molar-refractivity contribution in [1.82, 2.24) is 0 Å². The van der Waals surface area contributed by atoms with E-state index in [-0.39, 0.29) is 11.3 Å². The van der Waals surface area contributed by atoms with Crippen LogP contribution >= 0.6 is 0 Å². The lowest BCUT2D eigenvalue weighted by Crippen LogP contribution is -2.03. The third-order valence-corrected chi connectivity index (χ3v) is 2.10. The van der Waals surface area contributed by atoms with E-state index in [9.17, 15) is 9.90 Å². The molecule has 0 unspecified atom stereocenters. The van der Waals surface area contributed by atoms with Crippen LogP contribution in [0, 0.1) is 6.92 Å². The number of hydrogen-bond donors (Lipinski definition) is 1. The van der Waals surface area contributed by atoms with Gasteiger partial charge in [-0.05, 0) is 30.5 Å². The molecule has 0 radical (unpaired) electrons. The maximum atomic E-state index is 11.3. The average Bonchev–Trinajstić information content (AvgIpc) is 2.22. The Kier molecular flexibility index (Phi) is 3.50. The first-order chi connectivity index (χ1) is 7.10. The van der Waals surface area contributed by atoms with Crippen LogP contribution in [0.15, 0.2) is 24.8 Å². The maximum Gasteiger partial charge on any atom is 0.341 e. The van der Waals surface area contributed by atoms with E-state index in [0.29, 0.717) is 12.0 Å². The highest BCUT2D eigenvalue weighted by atomic mass is 16.5. The summed E-state index contributed by atoms with van der Waals surface area (Å²) in [6, 6.07) is 3.43. The molecule has 0 saturated heterocycles. The van der Waals surface area contributed by atoms with Crippen LogP contribution in [0.2, 0.25) is 0 Å². The van der Waals surface area contributed by atoms with Crippen LogP contribution in [0.4, 0.5) is 0 Å². The van der Waals surface area contributed by atoms with Crippen LogP contribution in [-0.2, 0) is 11.2 Å². The van der Waals surface area contributed by atoms with E-state index in [1.54, 1.807) is 12.1 Å². The van der Waals surface area contributed by atoms with Crippen LogP contribution < -0.4 is 0 Å². The van der Waals surface area contributed by atoms with Crippen molar-refractivity contribution >= 4 is 5.97 Å². The Morgan fingerprint density at radius 3 is 2.80 bits per heavy atom. The van der Waals surface area contributed by atoms with Crippen LogP contribution in [0.3, 0.4) is 0 Å². The van der Waals surface area contributed by atoms with Gasteiger partial charge in [0, 0.05) is 0 Å². The number of phenolic OH excluding ortho intramolecular Hbond substituents is 1. The number of carbonyl (C=O) groups is 1. The molecule has 1 rings (SSSR count). The van der Waals surface area contributed by atoms with E-state index in [1.807, 2.05) is 13.0 Å². The zero-order valence-electron chi connectivity index (χ0n) is 8.91. The molecule has 0 fully saturated rings. The van der Waals surface area contributed by atoms with Crippen molar-refractivity contribution in [1.29, 1.82) is 0 Å². The number of allylic oxidation sites excluding steroid dienone is 1. The van der Waals surface area contributed by atoms with Crippen LogP contribution in [0.5, 0.6) is 5.75 Å². The third-order valence-electron chi connectivity index (χ3n) is 2.10. The lowest BCUT2D eigenvalue weighted by molar-refractivity contribution is 0.0597. The summed E-state index contributed by atoms with van der Waals surface area (Å²) in [5, 5.41) is 9.80. The molecule has 1 N–H and O–H groups in total. The van der Waals surface area contributed by atoms with Crippen molar-refractivity contribution in [3.05, 3.63) is 41.5 Å². The highest BCUT2D eigenvalue weighted by Crippen LogP contribution is 2.25. The largest absolute Gasteiger partial charge is 0.507 e. The lowest BCUT2D eigenvalue weighted by atomic mass is 10.0. The molecule has 1 aromatic rings. The Balaban J connectivity index is 3.27. The molecule has 80 valence electrons. The Hall–Kier alpha value is -1.77. The first-order valence-corrected chi connectivity index (χ1v) is 4.61. The molecule has 0 bridgehead atoms. The molecule has 0 heterocycles. The SMILES string of the molecule is C=CCc1cc(C)cc(C(=O)OC)c1O. The van der Waals surface area contributed by atoms with E-state index < -0.39 is 5.97 Å². The number of benzene rings is 1. The number of hydrogen-bond acceptors (Lipinski definition) is 3. The molecule has 0 aliphatic heterocycles. The van der Waals surface area contributed by atoms with Gasteiger partial charge in [0.15, 0.2) is 0 Å². The molecular formula is C12H14O3. The molecule has 0 saturated carbocycles. The van der Waals surface area contributed by atoms with Crippen LogP contribution in [0.25, 0.3) is 0 Å². The topological polar surface area (TPSA) is 46.5 Å². The number of aryl methyl sites for hydroxylation is 1. The Labute approximate surface area is 89.0 Å². The molecule has 0 aliphatic rings. The average molecular weight is 206 g/mol. The fourth-order valence-corrected chi connectivity index (χ4v) is 1.43. The predicted molar refractivity (Wildman–Crippen MR) is 58.1 cm³/mol. The van der Waals surface area contributed by atoms with Crippen molar-refractivity contribution in [2.24, 2.45) is 0 Å². The molecule has 0 amide bonds. The van der Waals surface area contributed by atoms with Crippen molar-refractivity contribution in [3.63, 3.8) is 0 Å². The predicted octanol–water partition coefficient (Wildman–Crippen LogP) is 2.22. The molecule has 3 nitrogen and oxygen atoms in total. The van der Waals surface area contributed by atoms with E-state index in [2.05, 4.69) is 11.3 Å². The van der Waals surface area contributed by atoms with Gasteiger partial charge in [-0.15, -0.1) is 6.58 Å². The van der Waals surface area contributed by atoms with Gasteiger partial charge in [-0.3, -0.25) is 0 Å². The van der Waals surface area contributed by atoms with Gasteiger partial charge in [0.2, 0.25) is 0 Å². The summed E-state index contributed by atoms with van der Waals surface area (Å²) in [4.78, 5) is 11.3. The Bertz CT molecular complexity index is 394.